The van der Waals surface area contributed by atoms with Gasteiger partial charge in [0.2, 0.25) is 0 Å². The molecular weight excluding hydrogens is 492 g/mol. The number of ether oxygens (including phenoxy) is 2. The van der Waals surface area contributed by atoms with Crippen LogP contribution in [0.15, 0.2) is 78.9 Å². The Balaban J connectivity index is 1.57. The quantitative estimate of drug-likeness (QED) is 0.233. The normalized spacial score (nSPS) is 12.8. The van der Waals surface area contributed by atoms with Crippen LogP contribution < -0.4 is 14.8 Å². The second-order valence-electron chi connectivity index (χ2n) is 9.38. The molecule has 0 radical (unpaired) electrons. The number of rotatable bonds is 7. The van der Waals surface area contributed by atoms with Crippen LogP contribution in [0, 0.1) is 0 Å². The lowest BCUT2D eigenvalue weighted by Gasteiger charge is -2.12. The predicted molar refractivity (Wildman–Crippen MR) is 156 cm³/mol. The molecule has 38 heavy (non-hydrogen) atoms. The topological polar surface area (TPSA) is 52.7 Å². The van der Waals surface area contributed by atoms with Gasteiger partial charge in [0.1, 0.15) is 27.8 Å². The lowest BCUT2D eigenvalue weighted by Crippen LogP contribution is -2.14. The average Bonchev–Trinajstić information content (AvgIpc) is 3.37. The summed E-state index contributed by atoms with van der Waals surface area (Å²) in [5, 5.41) is 8.66. The largest absolute Gasteiger partial charge is 0.497 e. The molecular formula is C31H30N4O2S. The fourth-order valence-electron chi connectivity index (χ4n) is 5.31. The molecule has 192 valence electrons. The highest BCUT2D eigenvalue weighted by molar-refractivity contribution is 7.81. The van der Waals surface area contributed by atoms with Gasteiger partial charge in [-0.05, 0) is 80.3 Å². The van der Waals surface area contributed by atoms with Crippen molar-refractivity contribution in [3.05, 3.63) is 90.1 Å². The van der Waals surface area contributed by atoms with Crippen LogP contribution in [0.25, 0.3) is 28.2 Å². The zero-order chi connectivity index (χ0) is 26.1. The van der Waals surface area contributed by atoms with E-state index in [4.69, 9.17) is 26.8 Å². The van der Waals surface area contributed by atoms with Crippen molar-refractivity contribution in [3.63, 3.8) is 0 Å². The van der Waals surface area contributed by atoms with Crippen molar-refractivity contribution < 1.29 is 9.47 Å². The summed E-state index contributed by atoms with van der Waals surface area (Å²) in [6.45, 7) is 3.54. The van der Waals surface area contributed by atoms with Gasteiger partial charge in [-0.3, -0.25) is 0 Å². The third-order valence-electron chi connectivity index (χ3n) is 7.03. The first kappa shape index (κ1) is 24.2. The maximum Gasteiger partial charge on any atom is 0.162 e. The number of methoxy groups -OCH3 is 1. The van der Waals surface area contributed by atoms with E-state index in [9.17, 15) is 0 Å². The molecule has 0 saturated carbocycles. The van der Waals surface area contributed by atoms with Crippen molar-refractivity contribution in [1.29, 1.82) is 0 Å². The molecule has 0 amide bonds. The maximum atomic E-state index is 6.08. The van der Waals surface area contributed by atoms with Crippen molar-refractivity contribution in [2.45, 2.75) is 32.7 Å². The third-order valence-corrected chi connectivity index (χ3v) is 7.33. The van der Waals surface area contributed by atoms with Crippen LogP contribution in [-0.4, -0.2) is 32.9 Å². The van der Waals surface area contributed by atoms with Gasteiger partial charge in [0.15, 0.2) is 5.82 Å². The Labute approximate surface area is 227 Å². The molecule has 0 saturated heterocycles. The number of benzene rings is 3. The number of aromatic nitrogens is 3. The summed E-state index contributed by atoms with van der Waals surface area (Å²) in [6, 6.07) is 26.5. The number of aryl methyl sites for hydroxylation is 2. The summed E-state index contributed by atoms with van der Waals surface area (Å²) in [5.74, 6) is 2.63. The molecule has 0 fully saturated rings. The molecule has 2 aromatic heterocycles. The molecule has 6 nitrogen and oxygen atoms in total. The first-order valence-corrected chi connectivity index (χ1v) is 13.5. The van der Waals surface area contributed by atoms with Gasteiger partial charge < -0.3 is 19.4 Å². The standard InChI is InChI=1S/C31H30N4O2S/c1-3-37-25-18-12-21(13-19-25)27-26-11-7-8-20-34-29(22-14-16-24(36-2)17-15-22)33-35(31(26)34)28(27)30(38)32-23-9-5-4-6-10-23/h4-6,9-10,12-19H,3,7-8,11,20H2,1-2H3,(H,32,38). The lowest BCUT2D eigenvalue weighted by atomic mass is 9.98. The minimum atomic E-state index is 0.638. The fraction of sp³-hybridized carbons (Fsp3) is 0.226. The second-order valence-corrected chi connectivity index (χ2v) is 9.78. The summed E-state index contributed by atoms with van der Waals surface area (Å²) in [6.07, 6.45) is 3.16. The Kier molecular flexibility index (Phi) is 6.60. The number of nitrogens with one attached hydrogen (secondary N) is 1. The summed E-state index contributed by atoms with van der Waals surface area (Å²) < 4.78 is 15.5. The third kappa shape index (κ3) is 4.33. The van der Waals surface area contributed by atoms with Gasteiger partial charge in [-0.2, -0.15) is 0 Å². The van der Waals surface area contributed by atoms with Crippen molar-refractivity contribution in [2.75, 3.05) is 19.0 Å². The molecule has 0 unspecified atom stereocenters. The number of anilines is 1. The van der Waals surface area contributed by atoms with Crippen LogP contribution in [0.3, 0.4) is 0 Å². The molecule has 7 heteroatoms. The molecule has 6 rings (SSSR count). The van der Waals surface area contributed by atoms with E-state index < -0.39 is 0 Å². The molecule has 0 bridgehead atoms. The highest BCUT2D eigenvalue weighted by atomic mass is 32.1. The first-order valence-electron chi connectivity index (χ1n) is 13.1. The van der Waals surface area contributed by atoms with Crippen LogP contribution >= 0.6 is 12.2 Å². The number of hydrogen-bond donors (Lipinski definition) is 1. The monoisotopic (exact) mass is 522 g/mol. The Morgan fingerprint density at radius 2 is 1.63 bits per heavy atom. The molecule has 3 aromatic carbocycles. The van der Waals surface area contributed by atoms with Crippen molar-refractivity contribution >= 4 is 28.5 Å². The summed E-state index contributed by atoms with van der Waals surface area (Å²) in [4.78, 5) is 0.646. The van der Waals surface area contributed by atoms with Crippen molar-refractivity contribution in [3.8, 4) is 34.0 Å². The number of para-hydroxylation sites is 1. The Bertz CT molecular complexity index is 1590. The highest BCUT2D eigenvalue weighted by Gasteiger charge is 2.29. The van der Waals surface area contributed by atoms with Crippen LogP contribution in [0.1, 0.15) is 31.0 Å². The van der Waals surface area contributed by atoms with E-state index in [-0.39, 0.29) is 0 Å². The van der Waals surface area contributed by atoms with Gasteiger partial charge in [0.05, 0.1) is 13.7 Å². The SMILES string of the molecule is CCOc1ccc(-c2c3c4n(c(-c5ccc(OC)cc5)nn4c2C(=S)Nc2ccccc2)CCCC3)cc1. The fourth-order valence-corrected chi connectivity index (χ4v) is 5.62. The van der Waals surface area contributed by atoms with Crippen LogP contribution in [0.4, 0.5) is 5.69 Å². The Morgan fingerprint density at radius 3 is 2.34 bits per heavy atom. The van der Waals surface area contributed by atoms with Gasteiger partial charge in [-0.15, -0.1) is 5.10 Å². The van der Waals surface area contributed by atoms with E-state index in [0.29, 0.717) is 11.6 Å². The Hall–Kier alpha value is -4.10. The smallest absolute Gasteiger partial charge is 0.162 e. The Morgan fingerprint density at radius 1 is 0.921 bits per heavy atom. The number of nitrogens with zero attached hydrogens (tertiary/aromatic N) is 3. The molecule has 5 aromatic rings. The minimum Gasteiger partial charge on any atom is -0.497 e. The van der Waals surface area contributed by atoms with Gasteiger partial charge in [-0.25, -0.2) is 4.52 Å². The van der Waals surface area contributed by atoms with Crippen molar-refractivity contribution in [2.24, 2.45) is 0 Å². The van der Waals surface area contributed by atoms with E-state index in [2.05, 4.69) is 38.7 Å². The summed E-state index contributed by atoms with van der Waals surface area (Å²) in [7, 11) is 1.68. The van der Waals surface area contributed by atoms with E-state index in [0.717, 1.165) is 76.8 Å². The zero-order valence-corrected chi connectivity index (χ0v) is 22.4. The van der Waals surface area contributed by atoms with Crippen LogP contribution in [-0.2, 0) is 13.0 Å². The first-order chi connectivity index (χ1) is 18.7. The minimum absolute atomic E-state index is 0.638. The second kappa shape index (κ2) is 10.3. The van der Waals surface area contributed by atoms with E-state index in [1.54, 1.807) is 7.11 Å². The molecule has 1 aliphatic heterocycles. The molecule has 0 aliphatic carbocycles. The molecule has 0 spiro atoms. The highest BCUT2D eigenvalue weighted by Crippen LogP contribution is 2.39. The van der Waals surface area contributed by atoms with Gasteiger partial charge in [-0.1, -0.05) is 42.5 Å². The molecule has 1 aliphatic rings. The molecule has 0 atom stereocenters. The molecule has 1 N–H and O–H groups in total. The zero-order valence-electron chi connectivity index (χ0n) is 21.6. The predicted octanol–water partition coefficient (Wildman–Crippen LogP) is 7.00. The van der Waals surface area contributed by atoms with Gasteiger partial charge in [0, 0.05) is 28.9 Å². The summed E-state index contributed by atoms with van der Waals surface area (Å²) >= 11 is 6.08. The number of hydrogen-bond acceptors (Lipinski definition) is 4. The lowest BCUT2D eigenvalue weighted by molar-refractivity contribution is 0.340. The van der Waals surface area contributed by atoms with E-state index in [1.165, 1.54) is 5.56 Å². The van der Waals surface area contributed by atoms with Crippen LogP contribution in [0.5, 0.6) is 11.5 Å². The average molecular weight is 523 g/mol. The van der Waals surface area contributed by atoms with E-state index >= 15 is 0 Å². The van der Waals surface area contributed by atoms with Gasteiger partial charge >= 0.3 is 0 Å². The van der Waals surface area contributed by atoms with Crippen molar-refractivity contribution in [1.82, 2.24) is 14.2 Å². The maximum absolute atomic E-state index is 6.08. The summed E-state index contributed by atoms with van der Waals surface area (Å²) in [5.41, 5.74) is 7.57. The van der Waals surface area contributed by atoms with Crippen LogP contribution in [0.2, 0.25) is 0 Å². The van der Waals surface area contributed by atoms with E-state index in [1.807, 2.05) is 61.5 Å². The number of thiocarbonyl (C=S) groups is 1. The molecule has 3 heterocycles. The van der Waals surface area contributed by atoms with Gasteiger partial charge in [0.25, 0.3) is 0 Å².